The highest BCUT2D eigenvalue weighted by Gasteiger charge is 2.37. The van der Waals surface area contributed by atoms with Gasteiger partial charge >= 0.3 is 0 Å². The predicted octanol–water partition coefficient (Wildman–Crippen LogP) is 4.31. The van der Waals surface area contributed by atoms with Crippen LogP contribution in [-0.2, 0) is 11.2 Å². The van der Waals surface area contributed by atoms with Gasteiger partial charge in [-0.15, -0.1) is 0 Å². The second kappa shape index (κ2) is 8.25. The quantitative estimate of drug-likeness (QED) is 0.710. The van der Waals surface area contributed by atoms with Crippen LogP contribution in [0.5, 0.6) is 0 Å². The molecule has 0 amide bonds. The van der Waals surface area contributed by atoms with Gasteiger partial charge in [0.2, 0.25) is 0 Å². The highest BCUT2D eigenvalue weighted by atomic mass is 79.9. The fourth-order valence-corrected chi connectivity index (χ4v) is 3.18. The molecule has 0 heterocycles. The van der Waals surface area contributed by atoms with Crippen molar-refractivity contribution < 1.29 is 9.13 Å². The van der Waals surface area contributed by atoms with E-state index in [2.05, 4.69) is 28.2 Å². The summed E-state index contributed by atoms with van der Waals surface area (Å²) in [6.07, 6.45) is 4.40. The normalized spacial score (nSPS) is 17.7. The van der Waals surface area contributed by atoms with Crippen LogP contribution in [0, 0.1) is 11.7 Å². The summed E-state index contributed by atoms with van der Waals surface area (Å²) in [6.45, 7) is 5.84. The Balaban J connectivity index is 2.12. The summed E-state index contributed by atoms with van der Waals surface area (Å²) < 4.78 is 20.9. The largest absolute Gasteiger partial charge is 0.377 e. The average molecular weight is 358 g/mol. The first kappa shape index (κ1) is 16.9. The van der Waals surface area contributed by atoms with Crippen LogP contribution in [0.15, 0.2) is 22.7 Å². The van der Waals surface area contributed by atoms with Crippen LogP contribution in [0.3, 0.4) is 0 Å². The highest BCUT2D eigenvalue weighted by Crippen LogP contribution is 2.36. The molecule has 2 unspecified atom stereocenters. The van der Waals surface area contributed by atoms with Gasteiger partial charge in [-0.05, 0) is 68.8 Å². The first-order valence-corrected chi connectivity index (χ1v) is 8.73. The van der Waals surface area contributed by atoms with Crippen LogP contribution >= 0.6 is 15.9 Å². The Morgan fingerprint density at radius 1 is 1.38 bits per heavy atom. The monoisotopic (exact) mass is 357 g/mol. The number of nitrogens with one attached hydrogen (secondary N) is 1. The molecule has 0 aromatic heterocycles. The first-order valence-electron chi connectivity index (χ1n) is 7.94. The molecular formula is C17H25BrFNO. The lowest BCUT2D eigenvalue weighted by molar-refractivity contribution is 0.0190. The van der Waals surface area contributed by atoms with Crippen LogP contribution < -0.4 is 5.32 Å². The molecule has 2 nitrogen and oxygen atoms in total. The van der Waals surface area contributed by atoms with Crippen molar-refractivity contribution in [3.63, 3.8) is 0 Å². The van der Waals surface area contributed by atoms with Crippen LogP contribution in [0.25, 0.3) is 0 Å². The molecule has 0 spiro atoms. The Hall–Kier alpha value is -0.450. The predicted molar refractivity (Wildman–Crippen MR) is 88.0 cm³/mol. The summed E-state index contributed by atoms with van der Waals surface area (Å²) in [4.78, 5) is 0. The van der Waals surface area contributed by atoms with E-state index < -0.39 is 0 Å². The third-order valence-electron chi connectivity index (χ3n) is 3.95. The van der Waals surface area contributed by atoms with Crippen molar-refractivity contribution in [2.75, 3.05) is 13.2 Å². The maximum atomic E-state index is 14.0. The van der Waals surface area contributed by atoms with E-state index in [9.17, 15) is 4.39 Å². The van der Waals surface area contributed by atoms with E-state index in [4.69, 9.17) is 4.74 Å². The van der Waals surface area contributed by atoms with Gasteiger partial charge in [-0.3, -0.25) is 0 Å². The fraction of sp³-hybridized carbons (Fsp3) is 0.647. The van der Waals surface area contributed by atoms with Crippen molar-refractivity contribution in [2.24, 2.45) is 5.92 Å². The minimum absolute atomic E-state index is 0.132. The summed E-state index contributed by atoms with van der Waals surface area (Å²) >= 11 is 3.43. The number of rotatable bonds is 9. The van der Waals surface area contributed by atoms with E-state index in [0.29, 0.717) is 18.9 Å². The molecule has 118 valence electrons. The lowest BCUT2D eigenvalue weighted by Gasteiger charge is -2.28. The minimum atomic E-state index is -0.132. The number of hydrogen-bond acceptors (Lipinski definition) is 2. The second-order valence-electron chi connectivity index (χ2n) is 5.76. The lowest BCUT2D eigenvalue weighted by Crippen LogP contribution is -2.44. The molecule has 0 bridgehead atoms. The Labute approximate surface area is 135 Å². The van der Waals surface area contributed by atoms with E-state index in [1.54, 1.807) is 6.07 Å². The average Bonchev–Trinajstić information content (AvgIpc) is 3.29. The first-order chi connectivity index (χ1) is 10.2. The van der Waals surface area contributed by atoms with Gasteiger partial charge in [-0.2, -0.15) is 0 Å². The van der Waals surface area contributed by atoms with Crippen LogP contribution in [0.1, 0.15) is 38.7 Å². The molecule has 1 saturated carbocycles. The van der Waals surface area contributed by atoms with Crippen molar-refractivity contribution in [3.05, 3.63) is 34.1 Å². The highest BCUT2D eigenvalue weighted by molar-refractivity contribution is 9.10. The topological polar surface area (TPSA) is 21.3 Å². The molecule has 21 heavy (non-hydrogen) atoms. The van der Waals surface area contributed by atoms with Gasteiger partial charge in [-0.25, -0.2) is 4.39 Å². The van der Waals surface area contributed by atoms with E-state index in [1.165, 1.54) is 18.9 Å². The maximum absolute atomic E-state index is 14.0. The van der Waals surface area contributed by atoms with Crippen molar-refractivity contribution in [2.45, 2.75) is 51.7 Å². The van der Waals surface area contributed by atoms with Gasteiger partial charge in [-0.1, -0.05) is 22.9 Å². The standard InChI is InChI=1S/C17H25BrFNO/c1-3-9-20-16(17(21-4-2)12-5-6-12)11-13-10-14(18)7-8-15(13)19/h7-8,10,12,16-17,20H,3-6,9,11H2,1-2H3. The molecule has 1 aliphatic rings. The van der Waals surface area contributed by atoms with E-state index in [1.807, 2.05) is 13.0 Å². The summed E-state index contributed by atoms with van der Waals surface area (Å²) in [5.74, 6) is 0.502. The maximum Gasteiger partial charge on any atom is 0.126 e. The summed E-state index contributed by atoms with van der Waals surface area (Å²) in [5.41, 5.74) is 0.753. The van der Waals surface area contributed by atoms with E-state index in [-0.39, 0.29) is 18.0 Å². The SMILES string of the molecule is CCCNC(Cc1cc(Br)ccc1F)C(OCC)C1CC1. The van der Waals surface area contributed by atoms with Crippen molar-refractivity contribution in [1.82, 2.24) is 5.32 Å². The molecule has 4 heteroatoms. The molecule has 1 aliphatic carbocycles. The number of benzene rings is 1. The van der Waals surface area contributed by atoms with Gasteiger partial charge < -0.3 is 10.1 Å². The number of halogens is 2. The molecule has 0 aliphatic heterocycles. The van der Waals surface area contributed by atoms with Crippen LogP contribution in [0.4, 0.5) is 4.39 Å². The van der Waals surface area contributed by atoms with Crippen molar-refractivity contribution >= 4 is 15.9 Å². The van der Waals surface area contributed by atoms with Crippen LogP contribution in [-0.4, -0.2) is 25.3 Å². The summed E-state index contributed by atoms with van der Waals surface area (Å²) in [7, 11) is 0. The van der Waals surface area contributed by atoms with E-state index >= 15 is 0 Å². The molecule has 2 rings (SSSR count). The van der Waals surface area contributed by atoms with E-state index in [0.717, 1.165) is 23.0 Å². The Bertz CT molecular complexity index is 450. The summed E-state index contributed by atoms with van der Waals surface area (Å²) in [6, 6.07) is 5.34. The summed E-state index contributed by atoms with van der Waals surface area (Å²) in [5, 5.41) is 3.56. The van der Waals surface area contributed by atoms with Crippen LogP contribution in [0.2, 0.25) is 0 Å². The molecule has 0 saturated heterocycles. The Kier molecular flexibility index (Phi) is 6.65. The minimum Gasteiger partial charge on any atom is -0.377 e. The zero-order valence-electron chi connectivity index (χ0n) is 12.9. The van der Waals surface area contributed by atoms with Crippen molar-refractivity contribution in [3.8, 4) is 0 Å². The zero-order chi connectivity index (χ0) is 15.2. The Morgan fingerprint density at radius 3 is 2.76 bits per heavy atom. The molecular weight excluding hydrogens is 333 g/mol. The zero-order valence-corrected chi connectivity index (χ0v) is 14.5. The van der Waals surface area contributed by atoms with Crippen molar-refractivity contribution in [1.29, 1.82) is 0 Å². The molecule has 0 radical (unpaired) electrons. The smallest absolute Gasteiger partial charge is 0.126 e. The molecule has 1 N–H and O–H groups in total. The van der Waals surface area contributed by atoms with Gasteiger partial charge in [0.15, 0.2) is 0 Å². The van der Waals surface area contributed by atoms with Gasteiger partial charge in [0.25, 0.3) is 0 Å². The third-order valence-corrected chi connectivity index (χ3v) is 4.44. The molecule has 2 atom stereocenters. The molecule has 1 fully saturated rings. The second-order valence-corrected chi connectivity index (χ2v) is 6.67. The van der Waals surface area contributed by atoms with Gasteiger partial charge in [0, 0.05) is 17.1 Å². The fourth-order valence-electron chi connectivity index (χ4n) is 2.77. The Morgan fingerprint density at radius 2 is 2.14 bits per heavy atom. The molecule has 1 aromatic carbocycles. The lowest BCUT2D eigenvalue weighted by atomic mass is 9.97. The number of ether oxygens (including phenoxy) is 1. The molecule has 1 aromatic rings. The number of hydrogen-bond donors (Lipinski definition) is 1. The van der Waals surface area contributed by atoms with Gasteiger partial charge in [0.1, 0.15) is 5.82 Å². The van der Waals surface area contributed by atoms with Gasteiger partial charge in [0.05, 0.1) is 6.10 Å². The third kappa shape index (κ3) is 5.04.